The second-order valence-electron chi connectivity index (χ2n) is 3.79. The molecule has 4 nitrogen and oxygen atoms in total. The maximum Gasteiger partial charge on any atom is 0.240 e. The van der Waals surface area contributed by atoms with Gasteiger partial charge >= 0.3 is 0 Å². The molecule has 0 bridgehead atoms. The molecule has 4 heteroatoms. The minimum Gasteiger partial charge on any atom is -0.338 e. The first kappa shape index (κ1) is 9.40. The molecule has 14 heavy (non-hydrogen) atoms. The van der Waals surface area contributed by atoms with Gasteiger partial charge in [0.15, 0.2) is 5.82 Å². The lowest BCUT2D eigenvalue weighted by atomic mass is 10.3. The zero-order chi connectivity index (χ0) is 9.97. The third-order valence-electron chi connectivity index (χ3n) is 2.49. The molecule has 0 aromatic carbocycles. The van der Waals surface area contributed by atoms with Crippen LogP contribution >= 0.6 is 0 Å². The van der Waals surface area contributed by atoms with Crippen LogP contribution in [0, 0.1) is 5.92 Å². The minimum absolute atomic E-state index is 0.534. The summed E-state index contributed by atoms with van der Waals surface area (Å²) in [6.07, 6.45) is 3.00. The summed E-state index contributed by atoms with van der Waals surface area (Å²) in [5, 5.41) is 7.08. The smallest absolute Gasteiger partial charge is 0.240 e. The molecular formula is C10H15N3O. The van der Waals surface area contributed by atoms with E-state index in [-0.39, 0.29) is 0 Å². The normalized spacial score (nSPS) is 24.9. The van der Waals surface area contributed by atoms with Crippen LogP contribution in [0.5, 0.6) is 0 Å². The van der Waals surface area contributed by atoms with Crippen LogP contribution < -0.4 is 5.32 Å². The maximum atomic E-state index is 5.10. The third kappa shape index (κ3) is 2.01. The summed E-state index contributed by atoms with van der Waals surface area (Å²) in [4.78, 5) is 4.32. The Labute approximate surface area is 83.4 Å². The SMILES string of the molecule is C=CCNCc1nc(C2CC2C)no1. The number of aromatic nitrogens is 2. The fraction of sp³-hybridized carbons (Fsp3) is 0.600. The van der Waals surface area contributed by atoms with Gasteiger partial charge < -0.3 is 9.84 Å². The number of nitrogens with one attached hydrogen (secondary N) is 1. The molecule has 2 unspecified atom stereocenters. The van der Waals surface area contributed by atoms with Crippen LogP contribution in [0.2, 0.25) is 0 Å². The van der Waals surface area contributed by atoms with E-state index in [1.807, 2.05) is 0 Å². The molecule has 0 amide bonds. The summed E-state index contributed by atoms with van der Waals surface area (Å²) in [6, 6.07) is 0. The molecule has 0 saturated heterocycles. The first-order valence-electron chi connectivity index (χ1n) is 4.95. The summed E-state index contributed by atoms with van der Waals surface area (Å²) in [6.45, 7) is 7.21. The molecule has 1 N–H and O–H groups in total. The molecule has 0 aliphatic heterocycles. The number of nitrogens with zero attached hydrogens (tertiary/aromatic N) is 2. The Bertz CT molecular complexity index is 321. The fourth-order valence-corrected chi connectivity index (χ4v) is 1.45. The number of hydrogen-bond donors (Lipinski definition) is 1. The molecule has 1 aromatic rings. The van der Waals surface area contributed by atoms with E-state index in [0.717, 1.165) is 18.3 Å². The highest BCUT2D eigenvalue weighted by molar-refractivity contribution is 5.07. The van der Waals surface area contributed by atoms with Crippen LogP contribution in [-0.4, -0.2) is 16.7 Å². The molecule has 2 rings (SSSR count). The maximum absolute atomic E-state index is 5.10. The fourth-order valence-electron chi connectivity index (χ4n) is 1.45. The van der Waals surface area contributed by atoms with Crippen molar-refractivity contribution in [3.63, 3.8) is 0 Å². The van der Waals surface area contributed by atoms with Gasteiger partial charge in [-0.3, -0.25) is 0 Å². The molecule has 0 radical (unpaired) electrons. The van der Waals surface area contributed by atoms with E-state index in [0.29, 0.717) is 18.4 Å². The predicted molar refractivity (Wildman–Crippen MR) is 52.7 cm³/mol. The molecule has 76 valence electrons. The number of hydrogen-bond acceptors (Lipinski definition) is 4. The van der Waals surface area contributed by atoms with Crippen molar-refractivity contribution >= 4 is 0 Å². The summed E-state index contributed by atoms with van der Waals surface area (Å²) in [5.74, 6) is 2.79. The lowest BCUT2D eigenvalue weighted by Gasteiger charge is -1.93. The molecule has 1 aliphatic carbocycles. The van der Waals surface area contributed by atoms with Crippen molar-refractivity contribution in [2.24, 2.45) is 5.92 Å². The topological polar surface area (TPSA) is 51.0 Å². The highest BCUT2D eigenvalue weighted by Gasteiger charge is 2.37. The second kappa shape index (κ2) is 3.92. The number of rotatable bonds is 5. The van der Waals surface area contributed by atoms with Crippen molar-refractivity contribution in [1.29, 1.82) is 0 Å². The molecule has 1 heterocycles. The van der Waals surface area contributed by atoms with E-state index in [1.165, 1.54) is 6.42 Å². The Balaban J connectivity index is 1.86. The van der Waals surface area contributed by atoms with Crippen molar-refractivity contribution in [3.05, 3.63) is 24.4 Å². The Morgan fingerprint density at radius 1 is 1.71 bits per heavy atom. The lowest BCUT2D eigenvalue weighted by Crippen LogP contribution is -2.12. The van der Waals surface area contributed by atoms with E-state index >= 15 is 0 Å². The van der Waals surface area contributed by atoms with Crippen molar-refractivity contribution in [3.8, 4) is 0 Å². The highest BCUT2D eigenvalue weighted by atomic mass is 16.5. The molecule has 1 aliphatic rings. The molecule has 0 spiro atoms. The minimum atomic E-state index is 0.534. The van der Waals surface area contributed by atoms with Crippen LogP contribution in [0.3, 0.4) is 0 Å². The van der Waals surface area contributed by atoms with Gasteiger partial charge in [-0.2, -0.15) is 4.98 Å². The van der Waals surface area contributed by atoms with Crippen molar-refractivity contribution in [1.82, 2.24) is 15.5 Å². The van der Waals surface area contributed by atoms with E-state index in [9.17, 15) is 0 Å². The Kier molecular flexibility index (Phi) is 2.63. The van der Waals surface area contributed by atoms with Crippen LogP contribution in [0.25, 0.3) is 0 Å². The summed E-state index contributed by atoms with van der Waals surface area (Å²) >= 11 is 0. The van der Waals surface area contributed by atoms with Gasteiger partial charge in [0.25, 0.3) is 0 Å². The predicted octanol–water partition coefficient (Wildman–Crippen LogP) is 1.47. The van der Waals surface area contributed by atoms with Gasteiger partial charge in [0, 0.05) is 12.5 Å². The largest absolute Gasteiger partial charge is 0.338 e. The molecule has 1 saturated carbocycles. The lowest BCUT2D eigenvalue weighted by molar-refractivity contribution is 0.365. The van der Waals surface area contributed by atoms with E-state index in [1.54, 1.807) is 6.08 Å². The second-order valence-corrected chi connectivity index (χ2v) is 3.79. The summed E-state index contributed by atoms with van der Waals surface area (Å²) in [7, 11) is 0. The van der Waals surface area contributed by atoms with Gasteiger partial charge in [0.1, 0.15) is 0 Å². The van der Waals surface area contributed by atoms with Gasteiger partial charge in [-0.25, -0.2) is 0 Å². The zero-order valence-electron chi connectivity index (χ0n) is 8.36. The van der Waals surface area contributed by atoms with Crippen LogP contribution in [0.15, 0.2) is 17.2 Å². The Morgan fingerprint density at radius 2 is 2.50 bits per heavy atom. The van der Waals surface area contributed by atoms with Crippen molar-refractivity contribution < 1.29 is 4.52 Å². The average molecular weight is 193 g/mol. The zero-order valence-corrected chi connectivity index (χ0v) is 8.36. The van der Waals surface area contributed by atoms with Gasteiger partial charge in [0.05, 0.1) is 6.54 Å². The standard InChI is InChI=1S/C10H15N3O/c1-3-4-11-6-9-12-10(13-14-9)8-5-7(8)2/h3,7-8,11H,1,4-6H2,2H3. The van der Waals surface area contributed by atoms with Gasteiger partial charge in [0.2, 0.25) is 5.89 Å². The summed E-state index contributed by atoms with van der Waals surface area (Å²) < 4.78 is 5.10. The van der Waals surface area contributed by atoms with Crippen LogP contribution in [-0.2, 0) is 6.54 Å². The van der Waals surface area contributed by atoms with Crippen molar-refractivity contribution in [2.75, 3.05) is 6.54 Å². The van der Waals surface area contributed by atoms with Crippen LogP contribution in [0.4, 0.5) is 0 Å². The van der Waals surface area contributed by atoms with E-state index in [4.69, 9.17) is 4.52 Å². The monoisotopic (exact) mass is 193 g/mol. The molecule has 1 fully saturated rings. The molecular weight excluding hydrogens is 178 g/mol. The van der Waals surface area contributed by atoms with E-state index in [2.05, 4.69) is 29.0 Å². The Hall–Kier alpha value is -1.16. The van der Waals surface area contributed by atoms with Crippen LogP contribution in [0.1, 0.15) is 31.0 Å². The molecule has 2 atom stereocenters. The third-order valence-corrected chi connectivity index (χ3v) is 2.49. The average Bonchev–Trinajstić information content (AvgIpc) is 2.74. The molecule has 1 aromatic heterocycles. The Morgan fingerprint density at radius 3 is 3.14 bits per heavy atom. The quantitative estimate of drug-likeness (QED) is 0.568. The first-order chi connectivity index (χ1) is 6.81. The van der Waals surface area contributed by atoms with Gasteiger partial charge in [-0.1, -0.05) is 18.2 Å². The van der Waals surface area contributed by atoms with Crippen molar-refractivity contribution in [2.45, 2.75) is 25.8 Å². The van der Waals surface area contributed by atoms with Gasteiger partial charge in [-0.05, 0) is 12.3 Å². The van der Waals surface area contributed by atoms with E-state index < -0.39 is 0 Å². The highest BCUT2D eigenvalue weighted by Crippen LogP contribution is 2.45. The first-order valence-corrected chi connectivity index (χ1v) is 4.95. The van der Waals surface area contributed by atoms with Gasteiger partial charge in [-0.15, -0.1) is 6.58 Å². The summed E-state index contributed by atoms with van der Waals surface area (Å²) in [5.41, 5.74) is 0.